The highest BCUT2D eigenvalue weighted by atomic mass is 16.2. The first-order valence-electron chi connectivity index (χ1n) is 10.3. The van der Waals surface area contributed by atoms with Crippen molar-refractivity contribution in [3.8, 4) is 0 Å². The number of nitrogens with one attached hydrogen (secondary N) is 1. The zero-order chi connectivity index (χ0) is 19.8. The zero-order valence-electron chi connectivity index (χ0n) is 17.1. The summed E-state index contributed by atoms with van der Waals surface area (Å²) in [7, 11) is 0. The molecule has 3 nitrogen and oxygen atoms in total. The molecule has 1 saturated heterocycles. The molecule has 0 saturated carbocycles. The second-order valence-electron chi connectivity index (χ2n) is 8.72. The topological polar surface area (TPSA) is 32.3 Å². The van der Waals surface area contributed by atoms with E-state index in [4.69, 9.17) is 0 Å². The van der Waals surface area contributed by atoms with Crippen molar-refractivity contribution < 1.29 is 4.79 Å². The van der Waals surface area contributed by atoms with E-state index in [0.717, 1.165) is 25.1 Å². The Morgan fingerprint density at radius 1 is 1.11 bits per heavy atom. The van der Waals surface area contributed by atoms with Crippen LogP contribution in [0, 0.1) is 18.8 Å². The summed E-state index contributed by atoms with van der Waals surface area (Å²) in [5.41, 5.74) is 6.34. The van der Waals surface area contributed by atoms with E-state index in [-0.39, 0.29) is 23.9 Å². The Hall–Kier alpha value is -2.55. The first-order chi connectivity index (χ1) is 13.4. The highest BCUT2D eigenvalue weighted by Crippen LogP contribution is 2.35. The van der Waals surface area contributed by atoms with Gasteiger partial charge in [-0.05, 0) is 48.3 Å². The van der Waals surface area contributed by atoms with Crippen LogP contribution in [0.5, 0.6) is 0 Å². The molecular formula is C25H30N2O. The van der Waals surface area contributed by atoms with E-state index in [1.165, 1.54) is 22.3 Å². The van der Waals surface area contributed by atoms with Gasteiger partial charge in [0.15, 0.2) is 0 Å². The molecule has 2 aromatic rings. The molecule has 28 heavy (non-hydrogen) atoms. The summed E-state index contributed by atoms with van der Waals surface area (Å²) >= 11 is 0. The van der Waals surface area contributed by atoms with E-state index < -0.39 is 0 Å². The van der Waals surface area contributed by atoms with Gasteiger partial charge in [-0.3, -0.25) is 4.79 Å². The predicted octanol–water partition coefficient (Wildman–Crippen LogP) is 4.25. The number of fused-ring (bicyclic) bond motifs is 1. The van der Waals surface area contributed by atoms with Crippen molar-refractivity contribution in [3.05, 3.63) is 83.1 Å². The normalized spacial score (nSPS) is 22.5. The lowest BCUT2D eigenvalue weighted by Crippen LogP contribution is -2.61. The molecule has 1 N–H and O–H groups in total. The average molecular weight is 375 g/mol. The summed E-state index contributed by atoms with van der Waals surface area (Å²) < 4.78 is 0. The second-order valence-corrected chi connectivity index (χ2v) is 8.72. The highest BCUT2D eigenvalue weighted by Gasteiger charge is 2.42. The monoisotopic (exact) mass is 374 g/mol. The molecule has 0 unspecified atom stereocenters. The van der Waals surface area contributed by atoms with Gasteiger partial charge in [0, 0.05) is 12.2 Å². The van der Waals surface area contributed by atoms with Gasteiger partial charge < -0.3 is 10.2 Å². The van der Waals surface area contributed by atoms with Gasteiger partial charge in [0.2, 0.25) is 5.91 Å². The quantitative estimate of drug-likeness (QED) is 0.868. The Bertz CT molecular complexity index is 876. The number of carbonyl (C=O) groups is 1. The van der Waals surface area contributed by atoms with Crippen LogP contribution in [-0.2, 0) is 24.2 Å². The number of piperazine rings is 1. The molecule has 2 aromatic carbocycles. The third kappa shape index (κ3) is 3.46. The number of hydrogen-bond acceptors (Lipinski definition) is 2. The number of carbonyl (C=O) groups excluding carboxylic acids is 1. The Labute approximate surface area is 168 Å². The maximum Gasteiger partial charge on any atom is 0.243 e. The first-order valence-corrected chi connectivity index (χ1v) is 10.3. The lowest BCUT2D eigenvalue weighted by Gasteiger charge is -2.46. The minimum Gasteiger partial charge on any atom is -0.357 e. The summed E-state index contributed by atoms with van der Waals surface area (Å²) in [5.74, 6) is 0.737. The van der Waals surface area contributed by atoms with Gasteiger partial charge in [-0.2, -0.15) is 0 Å². The van der Waals surface area contributed by atoms with Gasteiger partial charge in [-0.1, -0.05) is 74.5 Å². The van der Waals surface area contributed by atoms with E-state index in [2.05, 4.69) is 86.1 Å². The average Bonchev–Trinajstić information content (AvgIpc) is 3.08. The van der Waals surface area contributed by atoms with Gasteiger partial charge in [-0.15, -0.1) is 0 Å². The molecule has 0 aromatic heterocycles. The maximum absolute atomic E-state index is 13.1. The summed E-state index contributed by atoms with van der Waals surface area (Å²) in [6, 6.07) is 17.0. The van der Waals surface area contributed by atoms with Crippen LogP contribution in [0.15, 0.2) is 60.8 Å². The van der Waals surface area contributed by atoms with Crippen molar-refractivity contribution >= 4 is 5.91 Å². The molecule has 0 bridgehead atoms. The summed E-state index contributed by atoms with van der Waals surface area (Å²) in [6.45, 7) is 11.6. The Morgan fingerprint density at radius 3 is 2.39 bits per heavy atom. The van der Waals surface area contributed by atoms with Crippen LogP contribution in [0.3, 0.4) is 0 Å². The van der Waals surface area contributed by atoms with Crippen molar-refractivity contribution in [1.82, 2.24) is 10.2 Å². The third-order valence-corrected chi connectivity index (χ3v) is 6.25. The van der Waals surface area contributed by atoms with Crippen molar-refractivity contribution in [2.45, 2.75) is 52.2 Å². The fourth-order valence-electron chi connectivity index (χ4n) is 4.91. The van der Waals surface area contributed by atoms with E-state index in [0.29, 0.717) is 5.92 Å². The molecule has 3 heteroatoms. The van der Waals surface area contributed by atoms with Crippen LogP contribution >= 0.6 is 0 Å². The number of aryl methyl sites for hydroxylation is 1. The standard InChI is InChI=1S/C25H30N2O/c1-16(2)24-25(28)26-23(22-13-20-10-5-6-11-21(20)14-22)18(4)27(24)15-19-9-7-8-17(3)12-19/h5-12,16,22-24H,4,13-15H2,1-3H3,(H,26,28)/t23-,24+/m0/s1. The van der Waals surface area contributed by atoms with Gasteiger partial charge in [0.25, 0.3) is 0 Å². The number of nitrogens with zero attached hydrogens (tertiary/aromatic N) is 1. The van der Waals surface area contributed by atoms with Gasteiger partial charge in [0.1, 0.15) is 6.04 Å². The van der Waals surface area contributed by atoms with Crippen molar-refractivity contribution in [2.24, 2.45) is 11.8 Å². The molecule has 4 rings (SSSR count). The molecule has 2 aliphatic rings. The van der Waals surface area contributed by atoms with Crippen LogP contribution in [0.25, 0.3) is 0 Å². The van der Waals surface area contributed by atoms with Crippen molar-refractivity contribution in [1.29, 1.82) is 0 Å². The third-order valence-electron chi connectivity index (χ3n) is 6.25. The molecule has 146 valence electrons. The summed E-state index contributed by atoms with van der Waals surface area (Å²) in [6.07, 6.45) is 2.01. The molecular weight excluding hydrogens is 344 g/mol. The number of amides is 1. The van der Waals surface area contributed by atoms with Gasteiger partial charge >= 0.3 is 0 Å². The van der Waals surface area contributed by atoms with Crippen molar-refractivity contribution in [3.63, 3.8) is 0 Å². The van der Waals surface area contributed by atoms with Crippen LogP contribution < -0.4 is 5.32 Å². The smallest absolute Gasteiger partial charge is 0.243 e. The van der Waals surface area contributed by atoms with Crippen LogP contribution in [0.1, 0.15) is 36.1 Å². The van der Waals surface area contributed by atoms with Gasteiger partial charge in [-0.25, -0.2) is 0 Å². The SMILES string of the molecule is C=C1[C@@H](C2Cc3ccccc3C2)NC(=O)[C@@H](C(C)C)N1Cc1cccc(C)c1. The first kappa shape index (κ1) is 18.8. The molecule has 0 radical (unpaired) electrons. The fourth-order valence-corrected chi connectivity index (χ4v) is 4.91. The lowest BCUT2D eigenvalue weighted by atomic mass is 9.87. The summed E-state index contributed by atoms with van der Waals surface area (Å²) in [4.78, 5) is 15.4. The molecule has 0 spiro atoms. The molecule has 1 amide bonds. The molecule has 1 aliphatic carbocycles. The van der Waals surface area contributed by atoms with E-state index in [1.54, 1.807) is 0 Å². The Balaban J connectivity index is 1.61. The predicted molar refractivity (Wildman–Crippen MR) is 114 cm³/mol. The van der Waals surface area contributed by atoms with Crippen LogP contribution in [0.2, 0.25) is 0 Å². The Kier molecular flexibility index (Phi) is 5.01. The fraction of sp³-hybridized carbons (Fsp3) is 0.400. The Morgan fingerprint density at radius 2 is 1.79 bits per heavy atom. The maximum atomic E-state index is 13.1. The minimum absolute atomic E-state index is 0.000269. The second kappa shape index (κ2) is 7.46. The minimum atomic E-state index is -0.173. The number of benzene rings is 2. The van der Waals surface area contributed by atoms with Crippen molar-refractivity contribution in [2.75, 3.05) is 0 Å². The molecule has 2 atom stereocenters. The van der Waals surface area contributed by atoms with Crippen LogP contribution in [-0.4, -0.2) is 22.9 Å². The van der Waals surface area contributed by atoms with Crippen LogP contribution in [0.4, 0.5) is 0 Å². The highest BCUT2D eigenvalue weighted by molar-refractivity contribution is 5.84. The van der Waals surface area contributed by atoms with E-state index in [9.17, 15) is 4.79 Å². The number of hydrogen-bond donors (Lipinski definition) is 1. The largest absolute Gasteiger partial charge is 0.357 e. The molecule has 1 fully saturated rings. The van der Waals surface area contributed by atoms with E-state index in [1.807, 2.05) is 0 Å². The lowest BCUT2D eigenvalue weighted by molar-refractivity contribution is -0.131. The molecule has 1 heterocycles. The molecule has 1 aliphatic heterocycles. The zero-order valence-corrected chi connectivity index (χ0v) is 17.1. The summed E-state index contributed by atoms with van der Waals surface area (Å²) in [5, 5.41) is 3.32. The van der Waals surface area contributed by atoms with E-state index >= 15 is 0 Å². The number of rotatable bonds is 4. The van der Waals surface area contributed by atoms with Gasteiger partial charge in [0.05, 0.1) is 6.04 Å².